The van der Waals surface area contributed by atoms with Crippen LogP contribution in [-0.4, -0.2) is 9.97 Å². The summed E-state index contributed by atoms with van der Waals surface area (Å²) in [7, 11) is 0. The molecule has 0 spiro atoms. The van der Waals surface area contributed by atoms with Crippen LogP contribution in [0.4, 0.5) is 11.5 Å². The highest BCUT2D eigenvalue weighted by atomic mass is 32.1. The second kappa shape index (κ2) is 5.32. The Bertz CT molecular complexity index is 1030. The van der Waals surface area contributed by atoms with Crippen LogP contribution in [0.3, 0.4) is 0 Å². The molecule has 2 aromatic carbocycles. The van der Waals surface area contributed by atoms with E-state index in [0.29, 0.717) is 0 Å². The van der Waals surface area contributed by atoms with Gasteiger partial charge in [0.15, 0.2) is 0 Å². The van der Waals surface area contributed by atoms with Crippen LogP contribution < -0.4 is 5.32 Å². The van der Waals surface area contributed by atoms with Crippen LogP contribution in [0.1, 0.15) is 16.3 Å². The molecule has 0 fully saturated rings. The predicted molar refractivity (Wildman–Crippen MR) is 98.9 cm³/mol. The third kappa shape index (κ3) is 2.35. The first-order valence-corrected chi connectivity index (χ1v) is 8.44. The van der Waals surface area contributed by atoms with Gasteiger partial charge >= 0.3 is 0 Å². The van der Waals surface area contributed by atoms with Crippen LogP contribution in [0.15, 0.2) is 42.5 Å². The van der Waals surface area contributed by atoms with E-state index in [1.54, 1.807) is 11.3 Å². The summed E-state index contributed by atoms with van der Waals surface area (Å²) in [4.78, 5) is 11.6. The van der Waals surface area contributed by atoms with E-state index >= 15 is 0 Å². The van der Waals surface area contributed by atoms with Crippen molar-refractivity contribution in [3.8, 4) is 0 Å². The summed E-state index contributed by atoms with van der Waals surface area (Å²) in [6.07, 6.45) is 0. The molecule has 0 amide bonds. The number of benzene rings is 2. The van der Waals surface area contributed by atoms with Crippen molar-refractivity contribution in [1.29, 1.82) is 0 Å². The molecular weight excluding hydrogens is 302 g/mol. The van der Waals surface area contributed by atoms with Crippen molar-refractivity contribution in [2.24, 2.45) is 0 Å². The molecule has 0 saturated carbocycles. The van der Waals surface area contributed by atoms with Crippen molar-refractivity contribution in [1.82, 2.24) is 9.97 Å². The normalized spacial score (nSPS) is 11.3. The minimum atomic E-state index is 0.793. The number of thiophene rings is 1. The molecule has 0 saturated heterocycles. The molecule has 0 aliphatic rings. The maximum absolute atomic E-state index is 4.66. The third-order valence-corrected chi connectivity index (χ3v) is 5.28. The summed E-state index contributed by atoms with van der Waals surface area (Å²) in [5.41, 5.74) is 2.33. The molecule has 2 heterocycles. The van der Waals surface area contributed by atoms with Crippen LogP contribution in [0.2, 0.25) is 0 Å². The Morgan fingerprint density at radius 3 is 2.57 bits per heavy atom. The zero-order valence-corrected chi connectivity index (χ0v) is 14.2. The van der Waals surface area contributed by atoms with Gasteiger partial charge in [-0.3, -0.25) is 0 Å². The summed E-state index contributed by atoms with van der Waals surface area (Å²) >= 11 is 1.73. The molecule has 4 heteroatoms. The van der Waals surface area contributed by atoms with E-state index in [1.165, 1.54) is 21.2 Å². The first-order valence-electron chi connectivity index (χ1n) is 7.62. The Hall–Kier alpha value is -2.46. The van der Waals surface area contributed by atoms with Gasteiger partial charge in [0, 0.05) is 16.0 Å². The van der Waals surface area contributed by atoms with Gasteiger partial charge < -0.3 is 5.32 Å². The monoisotopic (exact) mass is 319 g/mol. The number of aromatic nitrogens is 2. The lowest BCUT2D eigenvalue weighted by molar-refractivity contribution is 1.10. The van der Waals surface area contributed by atoms with Gasteiger partial charge in [-0.2, -0.15) is 0 Å². The number of fused-ring (bicyclic) bond motifs is 2. The zero-order chi connectivity index (χ0) is 16.0. The molecule has 4 rings (SSSR count). The lowest BCUT2D eigenvalue weighted by Crippen LogP contribution is -1.99. The highest BCUT2D eigenvalue weighted by molar-refractivity contribution is 7.18. The fourth-order valence-electron chi connectivity index (χ4n) is 2.91. The molecule has 0 aliphatic heterocycles. The third-order valence-electron chi connectivity index (χ3n) is 4.18. The number of hydrogen-bond acceptors (Lipinski definition) is 4. The van der Waals surface area contributed by atoms with Gasteiger partial charge in [0.1, 0.15) is 16.5 Å². The smallest absolute Gasteiger partial charge is 0.143 e. The molecule has 0 bridgehead atoms. The Kier molecular flexibility index (Phi) is 3.27. The average molecular weight is 319 g/mol. The van der Waals surface area contributed by atoms with E-state index in [2.05, 4.69) is 71.6 Å². The van der Waals surface area contributed by atoms with Crippen molar-refractivity contribution in [3.05, 3.63) is 58.7 Å². The van der Waals surface area contributed by atoms with E-state index in [9.17, 15) is 0 Å². The number of nitrogens with one attached hydrogen (secondary N) is 1. The molecule has 1 N–H and O–H groups in total. The highest BCUT2D eigenvalue weighted by Gasteiger charge is 2.14. The van der Waals surface area contributed by atoms with E-state index in [4.69, 9.17) is 0 Å². The molecule has 23 heavy (non-hydrogen) atoms. The molecular formula is C19H17N3S. The Morgan fingerprint density at radius 2 is 1.70 bits per heavy atom. The molecule has 0 aliphatic carbocycles. The van der Waals surface area contributed by atoms with Gasteiger partial charge in [0.25, 0.3) is 0 Å². The molecule has 0 radical (unpaired) electrons. The first-order chi connectivity index (χ1) is 11.1. The molecule has 2 aromatic heterocycles. The lowest BCUT2D eigenvalue weighted by atomic mass is 10.1. The van der Waals surface area contributed by atoms with E-state index < -0.39 is 0 Å². The Morgan fingerprint density at radius 1 is 0.913 bits per heavy atom. The van der Waals surface area contributed by atoms with Crippen molar-refractivity contribution in [2.75, 3.05) is 5.32 Å². The second-order valence-electron chi connectivity index (χ2n) is 5.73. The Balaban J connectivity index is 1.93. The summed E-state index contributed by atoms with van der Waals surface area (Å²) in [6.45, 7) is 6.22. The van der Waals surface area contributed by atoms with Gasteiger partial charge in [-0.1, -0.05) is 36.4 Å². The van der Waals surface area contributed by atoms with E-state index in [-0.39, 0.29) is 0 Å². The fourth-order valence-corrected chi connectivity index (χ4v) is 3.98. The van der Waals surface area contributed by atoms with Crippen molar-refractivity contribution in [2.45, 2.75) is 20.8 Å². The van der Waals surface area contributed by atoms with Crippen LogP contribution in [0.25, 0.3) is 21.0 Å². The minimum absolute atomic E-state index is 0.793. The quantitative estimate of drug-likeness (QED) is 0.529. The standard InChI is InChI=1S/C19H17N3S/c1-11-12(2)23-19-17(11)18(20-13(3)21-19)22-16-10-6-8-14-7-4-5-9-15(14)16/h4-10H,1-3H3,(H,20,21,22). The zero-order valence-electron chi connectivity index (χ0n) is 13.3. The van der Waals surface area contributed by atoms with Gasteiger partial charge in [0.2, 0.25) is 0 Å². The van der Waals surface area contributed by atoms with E-state index in [1.807, 2.05) is 6.92 Å². The van der Waals surface area contributed by atoms with Gasteiger partial charge in [-0.25, -0.2) is 9.97 Å². The molecule has 0 unspecified atom stereocenters. The van der Waals surface area contributed by atoms with Gasteiger partial charge in [-0.15, -0.1) is 11.3 Å². The molecule has 0 atom stereocenters. The summed E-state index contributed by atoms with van der Waals surface area (Å²) < 4.78 is 0. The van der Waals surface area contributed by atoms with Crippen LogP contribution in [-0.2, 0) is 0 Å². The second-order valence-corrected chi connectivity index (χ2v) is 6.94. The first kappa shape index (κ1) is 14.2. The minimum Gasteiger partial charge on any atom is -0.339 e. The number of aryl methyl sites for hydroxylation is 3. The van der Waals surface area contributed by atoms with Gasteiger partial charge in [-0.05, 0) is 37.8 Å². The summed E-state index contributed by atoms with van der Waals surface area (Å²) in [5, 5.41) is 7.09. The maximum Gasteiger partial charge on any atom is 0.143 e. The van der Waals surface area contributed by atoms with Crippen molar-refractivity contribution >= 4 is 43.8 Å². The number of rotatable bonds is 2. The molecule has 4 aromatic rings. The average Bonchev–Trinajstić information content (AvgIpc) is 2.82. The number of hydrogen-bond donors (Lipinski definition) is 1. The number of anilines is 2. The van der Waals surface area contributed by atoms with Crippen molar-refractivity contribution < 1.29 is 0 Å². The molecule has 3 nitrogen and oxygen atoms in total. The van der Waals surface area contributed by atoms with Crippen LogP contribution in [0, 0.1) is 20.8 Å². The van der Waals surface area contributed by atoms with E-state index in [0.717, 1.165) is 27.5 Å². The molecule has 114 valence electrons. The highest BCUT2D eigenvalue weighted by Crippen LogP contribution is 2.35. The Labute approximate surface area is 139 Å². The summed E-state index contributed by atoms with van der Waals surface area (Å²) in [6, 6.07) is 14.7. The predicted octanol–water partition coefficient (Wildman–Crippen LogP) is 5.51. The van der Waals surface area contributed by atoms with Crippen LogP contribution >= 0.6 is 11.3 Å². The SMILES string of the molecule is Cc1nc(Nc2cccc3ccccc23)c2c(C)c(C)sc2n1. The lowest BCUT2D eigenvalue weighted by Gasteiger charge is -2.11. The largest absolute Gasteiger partial charge is 0.339 e. The fraction of sp³-hybridized carbons (Fsp3) is 0.158. The number of nitrogens with zero attached hydrogens (tertiary/aromatic N) is 2. The van der Waals surface area contributed by atoms with Gasteiger partial charge in [0.05, 0.1) is 5.39 Å². The maximum atomic E-state index is 4.66. The topological polar surface area (TPSA) is 37.8 Å². The van der Waals surface area contributed by atoms with Crippen LogP contribution in [0.5, 0.6) is 0 Å². The summed E-state index contributed by atoms with van der Waals surface area (Å²) in [5.74, 6) is 1.69. The van der Waals surface area contributed by atoms with Crippen molar-refractivity contribution in [3.63, 3.8) is 0 Å².